The number of fused-ring (bicyclic) bond motifs is 1. The molecule has 0 atom stereocenters. The van der Waals surface area contributed by atoms with Gasteiger partial charge in [-0.15, -0.1) is 0 Å². The Balaban J connectivity index is 2.10. The van der Waals surface area contributed by atoms with E-state index in [-0.39, 0.29) is 30.9 Å². The second kappa shape index (κ2) is 8.13. The van der Waals surface area contributed by atoms with Crippen molar-refractivity contribution in [2.24, 2.45) is 0 Å². The van der Waals surface area contributed by atoms with Gasteiger partial charge in [-0.2, -0.15) is 23.5 Å². The number of nitrogens with zero attached hydrogens (tertiary/aromatic N) is 6. The molecule has 166 valence electrons. The van der Waals surface area contributed by atoms with Gasteiger partial charge in [0, 0.05) is 43.0 Å². The average molecular weight is 442 g/mol. The maximum absolute atomic E-state index is 13.8. The molecule has 0 fully saturated rings. The van der Waals surface area contributed by atoms with E-state index in [1.165, 1.54) is 17.7 Å². The van der Waals surface area contributed by atoms with Gasteiger partial charge < -0.3 is 4.57 Å². The summed E-state index contributed by atoms with van der Waals surface area (Å²) in [6.45, 7) is 2.66. The fourth-order valence-electron chi connectivity index (χ4n) is 3.36. The van der Waals surface area contributed by atoms with Crippen molar-refractivity contribution in [1.29, 1.82) is 5.26 Å². The van der Waals surface area contributed by atoms with E-state index in [0.29, 0.717) is 12.1 Å². The molecule has 12 heteroatoms. The third-order valence-electron chi connectivity index (χ3n) is 4.82. The number of aryl methyl sites for hydroxylation is 2. The zero-order valence-electron chi connectivity index (χ0n) is 16.7. The molecule has 0 saturated carbocycles. The Morgan fingerprint density at radius 3 is 2.48 bits per heavy atom. The quantitative estimate of drug-likeness (QED) is 0.518. The zero-order chi connectivity index (χ0) is 23.0. The van der Waals surface area contributed by atoms with Crippen LogP contribution in [0, 0.1) is 18.3 Å². The predicted octanol–water partition coefficient (Wildman–Crippen LogP) is 4.04. The summed E-state index contributed by atoms with van der Waals surface area (Å²) in [5, 5.41) is 12.8. The van der Waals surface area contributed by atoms with E-state index < -0.39 is 35.3 Å². The third-order valence-corrected chi connectivity index (χ3v) is 4.82. The number of halogens is 5. The van der Waals surface area contributed by atoms with Crippen molar-refractivity contribution >= 4 is 5.78 Å². The van der Waals surface area contributed by atoms with Crippen LogP contribution >= 0.6 is 0 Å². The van der Waals surface area contributed by atoms with Gasteiger partial charge in [0.1, 0.15) is 6.54 Å². The van der Waals surface area contributed by atoms with E-state index in [0.717, 1.165) is 21.5 Å². The summed E-state index contributed by atoms with van der Waals surface area (Å²) in [5.74, 6) is -3.23. The largest absolute Gasteiger partial charge is 0.434 e. The van der Waals surface area contributed by atoms with Gasteiger partial charge in [0.25, 0.3) is 5.56 Å². The SMILES string of the molecule is CCCC(F)(F)CCn1cc(-c2c(C(F)(F)F)nc3n(CC#N)c(C)cn3c2=O)cn1. The summed E-state index contributed by atoms with van der Waals surface area (Å²) >= 11 is 0. The van der Waals surface area contributed by atoms with Gasteiger partial charge in [-0.1, -0.05) is 13.3 Å². The van der Waals surface area contributed by atoms with Gasteiger partial charge in [0.15, 0.2) is 5.69 Å². The Morgan fingerprint density at radius 1 is 1.16 bits per heavy atom. The first-order valence-corrected chi connectivity index (χ1v) is 9.46. The summed E-state index contributed by atoms with van der Waals surface area (Å²) in [6, 6.07) is 1.82. The van der Waals surface area contributed by atoms with Crippen molar-refractivity contribution in [3.63, 3.8) is 0 Å². The first kappa shape index (κ1) is 22.5. The van der Waals surface area contributed by atoms with Crippen LogP contribution in [0.25, 0.3) is 16.9 Å². The Kier molecular flexibility index (Phi) is 5.89. The minimum Gasteiger partial charge on any atom is -0.300 e. The summed E-state index contributed by atoms with van der Waals surface area (Å²) in [7, 11) is 0. The van der Waals surface area contributed by atoms with E-state index in [2.05, 4.69) is 10.1 Å². The lowest BCUT2D eigenvalue weighted by Gasteiger charge is -2.14. The zero-order valence-corrected chi connectivity index (χ0v) is 16.7. The van der Waals surface area contributed by atoms with E-state index >= 15 is 0 Å². The molecule has 0 aliphatic rings. The van der Waals surface area contributed by atoms with E-state index in [1.807, 2.05) is 6.07 Å². The molecule has 0 radical (unpaired) electrons. The molecule has 3 heterocycles. The van der Waals surface area contributed by atoms with Crippen molar-refractivity contribution in [1.82, 2.24) is 23.7 Å². The molecule has 7 nitrogen and oxygen atoms in total. The van der Waals surface area contributed by atoms with Gasteiger partial charge in [-0.25, -0.2) is 13.8 Å². The monoisotopic (exact) mass is 442 g/mol. The second-order valence-corrected chi connectivity index (χ2v) is 7.17. The maximum Gasteiger partial charge on any atom is 0.434 e. The van der Waals surface area contributed by atoms with E-state index in [4.69, 9.17) is 5.26 Å². The molecule has 31 heavy (non-hydrogen) atoms. The topological polar surface area (TPSA) is 80.9 Å². The lowest BCUT2D eigenvalue weighted by molar-refractivity contribution is -0.140. The fourth-order valence-corrected chi connectivity index (χ4v) is 3.36. The van der Waals surface area contributed by atoms with Crippen molar-refractivity contribution in [3.05, 3.63) is 40.3 Å². The standard InChI is InChI=1S/C19H19F5N6O/c1-3-4-18(20,21)5-7-28-11-13(9-26-28)14-15(19(22,23)24)27-17-29(8-6-25)12(2)10-30(17)16(14)31/h9-11H,3-5,7-8H2,1-2H3. The fraction of sp³-hybridized carbons (Fsp3) is 0.474. The summed E-state index contributed by atoms with van der Waals surface area (Å²) in [6.07, 6.45) is -2.06. The van der Waals surface area contributed by atoms with Gasteiger partial charge in [0.05, 0.1) is 17.8 Å². The lowest BCUT2D eigenvalue weighted by atomic mass is 10.1. The first-order chi connectivity index (χ1) is 14.5. The molecule has 0 aliphatic heterocycles. The molecular formula is C19H19F5N6O. The highest BCUT2D eigenvalue weighted by Gasteiger charge is 2.39. The molecule has 3 rings (SSSR count). The van der Waals surface area contributed by atoms with Gasteiger partial charge >= 0.3 is 6.18 Å². The van der Waals surface area contributed by atoms with Gasteiger partial charge in [-0.05, 0) is 6.92 Å². The van der Waals surface area contributed by atoms with Crippen LogP contribution in [0.1, 0.15) is 37.6 Å². The number of hydrogen-bond acceptors (Lipinski definition) is 4. The first-order valence-electron chi connectivity index (χ1n) is 9.46. The maximum atomic E-state index is 13.8. The number of nitriles is 1. The Morgan fingerprint density at radius 2 is 1.87 bits per heavy atom. The molecule has 0 N–H and O–H groups in total. The lowest BCUT2D eigenvalue weighted by Crippen LogP contribution is -2.24. The van der Waals surface area contributed by atoms with Crippen molar-refractivity contribution in [2.75, 3.05) is 0 Å². The van der Waals surface area contributed by atoms with Gasteiger partial charge in [0.2, 0.25) is 11.7 Å². The van der Waals surface area contributed by atoms with Crippen LogP contribution in [-0.2, 0) is 19.3 Å². The normalized spacial score (nSPS) is 12.5. The average Bonchev–Trinajstić information content (AvgIpc) is 3.25. The number of aromatic nitrogens is 5. The minimum absolute atomic E-state index is 0.177. The molecule has 0 amide bonds. The van der Waals surface area contributed by atoms with Crippen LogP contribution in [0.5, 0.6) is 0 Å². The molecule has 0 unspecified atom stereocenters. The van der Waals surface area contributed by atoms with Crippen molar-refractivity contribution < 1.29 is 22.0 Å². The van der Waals surface area contributed by atoms with Crippen LogP contribution in [0.15, 0.2) is 23.4 Å². The molecule has 0 aromatic carbocycles. The van der Waals surface area contributed by atoms with Gasteiger partial charge in [-0.3, -0.25) is 13.9 Å². The number of alkyl halides is 5. The van der Waals surface area contributed by atoms with Crippen molar-refractivity contribution in [2.45, 2.75) is 58.3 Å². The highest BCUT2D eigenvalue weighted by atomic mass is 19.4. The molecule has 0 bridgehead atoms. The Labute approximate surface area is 173 Å². The van der Waals surface area contributed by atoms with Crippen LogP contribution in [0.4, 0.5) is 22.0 Å². The van der Waals surface area contributed by atoms with Crippen LogP contribution in [-0.4, -0.2) is 29.7 Å². The van der Waals surface area contributed by atoms with Crippen LogP contribution < -0.4 is 5.56 Å². The molecule has 3 aromatic rings. The predicted molar refractivity (Wildman–Crippen MR) is 100 cm³/mol. The molecule has 0 aliphatic carbocycles. The van der Waals surface area contributed by atoms with Crippen LogP contribution in [0.3, 0.4) is 0 Å². The van der Waals surface area contributed by atoms with Crippen LogP contribution in [0.2, 0.25) is 0 Å². The number of hydrogen-bond donors (Lipinski definition) is 0. The third kappa shape index (κ3) is 4.45. The Hall–Kier alpha value is -3.23. The number of rotatable bonds is 7. The van der Waals surface area contributed by atoms with E-state index in [9.17, 15) is 26.7 Å². The summed E-state index contributed by atoms with van der Waals surface area (Å²) < 4.78 is 71.9. The van der Waals surface area contributed by atoms with E-state index in [1.54, 1.807) is 6.92 Å². The highest BCUT2D eigenvalue weighted by Crippen LogP contribution is 2.34. The molecule has 0 spiro atoms. The minimum atomic E-state index is -4.96. The molecule has 3 aromatic heterocycles. The van der Waals surface area contributed by atoms with Crippen molar-refractivity contribution in [3.8, 4) is 17.2 Å². The highest BCUT2D eigenvalue weighted by molar-refractivity contribution is 5.65. The number of imidazole rings is 1. The summed E-state index contributed by atoms with van der Waals surface area (Å²) in [5.41, 5.74) is -2.95. The smallest absolute Gasteiger partial charge is 0.300 e. The summed E-state index contributed by atoms with van der Waals surface area (Å²) in [4.78, 5) is 16.6. The second-order valence-electron chi connectivity index (χ2n) is 7.17. The Bertz CT molecular complexity index is 1200. The molecular weight excluding hydrogens is 423 g/mol. The molecule has 0 saturated heterocycles.